The molecule has 0 aromatic heterocycles. The molecule has 0 saturated heterocycles. The Morgan fingerprint density at radius 1 is 0.680 bits per heavy atom. The van der Waals surface area contributed by atoms with E-state index in [2.05, 4.69) is 90.8 Å². The number of anilines is 2. The molecule has 0 radical (unpaired) electrons. The molecule has 120 valence electrons. The fourth-order valence-electron chi connectivity index (χ4n) is 3.52. The van der Waals surface area contributed by atoms with Crippen LogP contribution >= 0.6 is 0 Å². The van der Waals surface area contributed by atoms with Gasteiger partial charge in [-0.1, -0.05) is 66.7 Å². The molecule has 0 fully saturated rings. The fraction of sp³-hybridized carbons (Fsp3) is 0.0435. The first kappa shape index (κ1) is 14.1. The molecule has 0 unspecified atom stereocenters. The Hall–Kier alpha value is -3.26. The van der Waals surface area contributed by atoms with Crippen LogP contribution < -0.4 is 9.64 Å². The predicted molar refractivity (Wildman–Crippen MR) is 104 cm³/mol. The Labute approximate surface area is 146 Å². The second kappa shape index (κ2) is 5.38. The maximum atomic E-state index is 6.31. The first-order valence-electron chi connectivity index (χ1n) is 8.44. The molecule has 25 heavy (non-hydrogen) atoms. The van der Waals surface area contributed by atoms with Crippen LogP contribution in [0.2, 0.25) is 0 Å². The number of hydrogen-bond acceptors (Lipinski definition) is 2. The minimum atomic E-state index is 0.894. The summed E-state index contributed by atoms with van der Waals surface area (Å²) in [5, 5.41) is 2.34. The van der Waals surface area contributed by atoms with Crippen molar-refractivity contribution in [1.82, 2.24) is 0 Å². The highest BCUT2D eigenvalue weighted by Gasteiger charge is 2.23. The van der Waals surface area contributed by atoms with Gasteiger partial charge in [0.05, 0.1) is 11.4 Å². The van der Waals surface area contributed by atoms with Gasteiger partial charge in [-0.15, -0.1) is 0 Å². The zero-order valence-corrected chi connectivity index (χ0v) is 13.9. The van der Waals surface area contributed by atoms with Gasteiger partial charge in [0.2, 0.25) is 0 Å². The van der Waals surface area contributed by atoms with Gasteiger partial charge in [-0.25, -0.2) is 0 Å². The lowest BCUT2D eigenvalue weighted by atomic mass is 10.0. The molecule has 1 aliphatic heterocycles. The lowest BCUT2D eigenvalue weighted by Crippen LogP contribution is -2.15. The fourth-order valence-corrected chi connectivity index (χ4v) is 3.52. The minimum Gasteiger partial charge on any atom is -0.452 e. The topological polar surface area (TPSA) is 12.5 Å². The molecule has 0 N–H and O–H groups in total. The lowest BCUT2D eigenvalue weighted by molar-refractivity contribution is 0.481. The van der Waals surface area contributed by atoms with Crippen LogP contribution in [-0.2, 0) is 0 Å². The number of benzene rings is 4. The highest BCUT2D eigenvalue weighted by Crippen LogP contribution is 2.49. The van der Waals surface area contributed by atoms with Crippen LogP contribution in [0.15, 0.2) is 84.9 Å². The third kappa shape index (κ3) is 2.18. The molecule has 0 atom stereocenters. The van der Waals surface area contributed by atoms with Crippen molar-refractivity contribution in [2.75, 3.05) is 11.9 Å². The van der Waals surface area contributed by atoms with Crippen molar-refractivity contribution in [3.8, 4) is 22.6 Å². The van der Waals surface area contributed by atoms with Gasteiger partial charge in [-0.05, 0) is 34.7 Å². The summed E-state index contributed by atoms with van der Waals surface area (Å²) >= 11 is 0. The van der Waals surface area contributed by atoms with E-state index in [1.165, 1.54) is 16.5 Å². The Kier molecular flexibility index (Phi) is 3.04. The molecule has 0 saturated carbocycles. The highest BCUT2D eigenvalue weighted by molar-refractivity contribution is 5.97. The van der Waals surface area contributed by atoms with Crippen LogP contribution in [0.3, 0.4) is 0 Å². The highest BCUT2D eigenvalue weighted by atomic mass is 16.5. The summed E-state index contributed by atoms with van der Waals surface area (Å²) in [4.78, 5) is 2.22. The summed E-state index contributed by atoms with van der Waals surface area (Å²) in [6.45, 7) is 0. The summed E-state index contributed by atoms with van der Waals surface area (Å²) in [5.74, 6) is 1.83. The quantitative estimate of drug-likeness (QED) is 0.403. The van der Waals surface area contributed by atoms with E-state index in [1.54, 1.807) is 0 Å². The van der Waals surface area contributed by atoms with Crippen molar-refractivity contribution in [3.63, 3.8) is 0 Å². The van der Waals surface area contributed by atoms with Crippen molar-refractivity contribution in [3.05, 3.63) is 84.9 Å². The Bertz CT molecular complexity index is 1090. The standard InChI is InChI=1S/C23H17NO/c1-24-20-13-11-17-9-5-6-10-19(17)23(20)25-22-14-12-18(15-21(22)24)16-7-3-2-4-8-16/h2-15H,1H3. The monoisotopic (exact) mass is 323 g/mol. The molecule has 5 rings (SSSR count). The van der Waals surface area contributed by atoms with E-state index in [1.807, 2.05) is 6.07 Å². The van der Waals surface area contributed by atoms with Crippen molar-refractivity contribution >= 4 is 22.1 Å². The maximum Gasteiger partial charge on any atom is 0.158 e. The van der Waals surface area contributed by atoms with Gasteiger partial charge in [-0.2, -0.15) is 0 Å². The van der Waals surface area contributed by atoms with Gasteiger partial charge < -0.3 is 9.64 Å². The number of fused-ring (bicyclic) bond motifs is 4. The van der Waals surface area contributed by atoms with E-state index in [0.717, 1.165) is 28.3 Å². The third-order valence-electron chi connectivity index (χ3n) is 4.86. The average molecular weight is 323 g/mol. The van der Waals surface area contributed by atoms with E-state index < -0.39 is 0 Å². The number of rotatable bonds is 1. The zero-order chi connectivity index (χ0) is 16.8. The number of ether oxygens (including phenoxy) is 1. The molecule has 4 aromatic carbocycles. The number of hydrogen-bond donors (Lipinski definition) is 0. The Balaban J connectivity index is 1.67. The van der Waals surface area contributed by atoms with E-state index in [4.69, 9.17) is 4.74 Å². The Morgan fingerprint density at radius 3 is 2.36 bits per heavy atom. The van der Waals surface area contributed by atoms with Crippen LogP contribution in [0, 0.1) is 0 Å². The second-order valence-corrected chi connectivity index (χ2v) is 6.34. The normalized spacial score (nSPS) is 12.4. The third-order valence-corrected chi connectivity index (χ3v) is 4.86. The van der Waals surface area contributed by atoms with Gasteiger partial charge in [0.25, 0.3) is 0 Å². The van der Waals surface area contributed by atoms with E-state index in [9.17, 15) is 0 Å². The van der Waals surface area contributed by atoms with Gasteiger partial charge in [0.15, 0.2) is 11.5 Å². The summed E-state index contributed by atoms with van der Waals surface area (Å²) in [7, 11) is 2.10. The van der Waals surface area contributed by atoms with Gasteiger partial charge >= 0.3 is 0 Å². The molecule has 4 aromatic rings. The molecular formula is C23H17NO. The minimum absolute atomic E-state index is 0.894. The van der Waals surface area contributed by atoms with Crippen molar-refractivity contribution < 1.29 is 4.74 Å². The molecule has 0 amide bonds. The second-order valence-electron chi connectivity index (χ2n) is 6.34. The van der Waals surface area contributed by atoms with Crippen LogP contribution in [-0.4, -0.2) is 7.05 Å². The van der Waals surface area contributed by atoms with Gasteiger partial charge in [0.1, 0.15) is 0 Å². The van der Waals surface area contributed by atoms with Gasteiger partial charge in [0, 0.05) is 12.4 Å². The Morgan fingerprint density at radius 2 is 1.48 bits per heavy atom. The van der Waals surface area contributed by atoms with Crippen molar-refractivity contribution in [2.45, 2.75) is 0 Å². The molecular weight excluding hydrogens is 306 g/mol. The summed E-state index contributed by atoms with van der Waals surface area (Å²) < 4.78 is 6.31. The lowest BCUT2D eigenvalue weighted by Gasteiger charge is -2.31. The molecule has 2 nitrogen and oxygen atoms in total. The molecule has 2 heteroatoms. The summed E-state index contributed by atoms with van der Waals surface area (Å²) in [6.07, 6.45) is 0. The first-order valence-corrected chi connectivity index (χ1v) is 8.44. The van der Waals surface area contributed by atoms with E-state index >= 15 is 0 Å². The molecule has 1 aliphatic rings. The van der Waals surface area contributed by atoms with E-state index in [-0.39, 0.29) is 0 Å². The smallest absolute Gasteiger partial charge is 0.158 e. The molecule has 1 heterocycles. The summed E-state index contributed by atoms with van der Waals surface area (Å²) in [5.41, 5.74) is 4.59. The van der Waals surface area contributed by atoms with Crippen LogP contribution in [0.25, 0.3) is 21.9 Å². The van der Waals surface area contributed by atoms with Gasteiger partial charge in [-0.3, -0.25) is 0 Å². The van der Waals surface area contributed by atoms with Crippen LogP contribution in [0.4, 0.5) is 11.4 Å². The molecule has 0 spiro atoms. The van der Waals surface area contributed by atoms with Crippen molar-refractivity contribution in [2.24, 2.45) is 0 Å². The van der Waals surface area contributed by atoms with Crippen LogP contribution in [0.5, 0.6) is 11.5 Å². The first-order chi connectivity index (χ1) is 12.3. The largest absolute Gasteiger partial charge is 0.452 e. The number of nitrogens with zero attached hydrogens (tertiary/aromatic N) is 1. The molecule has 0 bridgehead atoms. The SMILES string of the molecule is CN1c2cc(-c3ccccc3)ccc2Oc2c1ccc1ccccc21. The van der Waals surface area contributed by atoms with E-state index in [0.29, 0.717) is 0 Å². The van der Waals surface area contributed by atoms with Crippen LogP contribution in [0.1, 0.15) is 0 Å². The predicted octanol–water partition coefficient (Wildman–Crippen LogP) is 6.38. The summed E-state index contributed by atoms with van der Waals surface area (Å²) in [6, 6.07) is 29.5. The zero-order valence-electron chi connectivity index (χ0n) is 13.9. The maximum absolute atomic E-state index is 6.31. The average Bonchev–Trinajstić information content (AvgIpc) is 2.68. The van der Waals surface area contributed by atoms with Crippen molar-refractivity contribution in [1.29, 1.82) is 0 Å². The molecule has 0 aliphatic carbocycles.